The molecule has 11 heavy (non-hydrogen) atoms. The van der Waals surface area contributed by atoms with E-state index in [-0.39, 0.29) is 6.61 Å². The zero-order chi connectivity index (χ0) is 8.53. The molecule has 0 spiro atoms. The fourth-order valence-corrected chi connectivity index (χ4v) is 2.30. The van der Waals surface area contributed by atoms with E-state index in [9.17, 15) is 10.1 Å². The molecule has 0 unspecified atom stereocenters. The van der Waals surface area contributed by atoms with E-state index in [1.165, 1.54) is 0 Å². The Kier molecular flexibility index (Phi) is 7.93. The van der Waals surface area contributed by atoms with Crippen LogP contribution in [-0.4, -0.2) is 23.2 Å². The standard InChI is InChI=1S/C5H11NO3S2/c1-2-4-10-11-5-3-9-6(7)8/h2-5H2,1H3. The Bertz CT molecular complexity index is 112. The summed E-state index contributed by atoms with van der Waals surface area (Å²) in [5.41, 5.74) is 0. The van der Waals surface area contributed by atoms with E-state index in [1.807, 2.05) is 0 Å². The normalized spacial score (nSPS) is 9.55. The van der Waals surface area contributed by atoms with Crippen molar-refractivity contribution in [3.8, 4) is 0 Å². The van der Waals surface area contributed by atoms with Crippen LogP contribution in [0.3, 0.4) is 0 Å². The molecule has 4 nitrogen and oxygen atoms in total. The first-order valence-electron chi connectivity index (χ1n) is 3.29. The third-order valence-electron chi connectivity index (χ3n) is 0.734. The molecule has 0 aliphatic carbocycles. The van der Waals surface area contributed by atoms with Crippen LogP contribution in [0.4, 0.5) is 0 Å². The first-order valence-corrected chi connectivity index (χ1v) is 5.78. The van der Waals surface area contributed by atoms with E-state index in [0.29, 0.717) is 5.75 Å². The molecule has 6 heteroatoms. The molecule has 0 aliphatic rings. The molecule has 0 aromatic rings. The molecule has 0 saturated carbocycles. The summed E-state index contributed by atoms with van der Waals surface area (Å²) in [5.74, 6) is 1.76. The fourth-order valence-electron chi connectivity index (χ4n) is 0.347. The zero-order valence-electron chi connectivity index (χ0n) is 6.32. The van der Waals surface area contributed by atoms with Gasteiger partial charge in [-0.1, -0.05) is 28.5 Å². The Morgan fingerprint density at radius 1 is 1.45 bits per heavy atom. The second-order valence-corrected chi connectivity index (χ2v) is 4.40. The van der Waals surface area contributed by atoms with Crippen LogP contribution in [0, 0.1) is 10.1 Å². The lowest BCUT2D eigenvalue weighted by Crippen LogP contribution is -2.03. The highest BCUT2D eigenvalue weighted by atomic mass is 33.1. The van der Waals surface area contributed by atoms with Crippen molar-refractivity contribution in [2.75, 3.05) is 18.1 Å². The first kappa shape index (κ1) is 10.9. The first-order chi connectivity index (χ1) is 5.27. The van der Waals surface area contributed by atoms with E-state index in [1.54, 1.807) is 21.6 Å². The van der Waals surface area contributed by atoms with Crippen LogP contribution < -0.4 is 0 Å². The zero-order valence-corrected chi connectivity index (χ0v) is 7.95. The molecule has 0 rings (SSSR count). The van der Waals surface area contributed by atoms with Crippen LogP contribution >= 0.6 is 21.6 Å². The van der Waals surface area contributed by atoms with Gasteiger partial charge < -0.3 is 4.84 Å². The molecule has 0 aromatic heterocycles. The lowest BCUT2D eigenvalue weighted by atomic mass is 10.6. The van der Waals surface area contributed by atoms with Crippen molar-refractivity contribution >= 4 is 21.6 Å². The summed E-state index contributed by atoms with van der Waals surface area (Å²) < 4.78 is 0. The summed E-state index contributed by atoms with van der Waals surface area (Å²) in [6.07, 6.45) is 1.13. The molecule has 0 aliphatic heterocycles. The quantitative estimate of drug-likeness (QED) is 0.270. The average Bonchev–Trinajstić information content (AvgIpc) is 1.96. The van der Waals surface area contributed by atoms with Crippen LogP contribution in [0.1, 0.15) is 13.3 Å². The van der Waals surface area contributed by atoms with E-state index in [2.05, 4.69) is 11.8 Å². The van der Waals surface area contributed by atoms with E-state index in [4.69, 9.17) is 0 Å². The third-order valence-corrected chi connectivity index (χ3v) is 3.31. The van der Waals surface area contributed by atoms with Gasteiger partial charge in [0.25, 0.3) is 5.09 Å². The van der Waals surface area contributed by atoms with Crippen LogP contribution in [0.2, 0.25) is 0 Å². The highest BCUT2D eigenvalue weighted by Crippen LogP contribution is 2.20. The summed E-state index contributed by atoms with van der Waals surface area (Å²) in [7, 11) is 3.33. The summed E-state index contributed by atoms with van der Waals surface area (Å²) in [5, 5.41) is 8.90. The van der Waals surface area contributed by atoms with Crippen molar-refractivity contribution in [3.63, 3.8) is 0 Å². The van der Waals surface area contributed by atoms with Gasteiger partial charge in [0, 0.05) is 11.5 Å². The van der Waals surface area contributed by atoms with Gasteiger partial charge in [-0.25, -0.2) is 0 Å². The molecular formula is C5H11NO3S2. The second-order valence-electron chi connectivity index (χ2n) is 1.70. The van der Waals surface area contributed by atoms with E-state index < -0.39 is 5.09 Å². The Morgan fingerprint density at radius 3 is 2.64 bits per heavy atom. The van der Waals surface area contributed by atoms with E-state index in [0.717, 1.165) is 12.2 Å². The van der Waals surface area contributed by atoms with Gasteiger partial charge in [0.05, 0.1) is 0 Å². The Hall–Kier alpha value is -0.100. The smallest absolute Gasteiger partial charge is 0.294 e. The monoisotopic (exact) mass is 197 g/mol. The van der Waals surface area contributed by atoms with Gasteiger partial charge in [0.15, 0.2) is 0 Å². The van der Waals surface area contributed by atoms with Crippen molar-refractivity contribution < 1.29 is 9.92 Å². The number of rotatable bonds is 7. The fraction of sp³-hybridized carbons (Fsp3) is 1.00. The molecule has 0 bridgehead atoms. The van der Waals surface area contributed by atoms with Crippen molar-refractivity contribution in [2.24, 2.45) is 0 Å². The predicted molar refractivity (Wildman–Crippen MR) is 48.2 cm³/mol. The van der Waals surface area contributed by atoms with Gasteiger partial charge in [-0.15, -0.1) is 10.1 Å². The SMILES string of the molecule is CCCSSCCO[N+](=O)[O-]. The van der Waals surface area contributed by atoms with Crippen molar-refractivity contribution in [1.82, 2.24) is 0 Å². The van der Waals surface area contributed by atoms with Crippen LogP contribution in [0.15, 0.2) is 0 Å². The maximum Gasteiger partial charge on any atom is 0.294 e. The number of hydrogen-bond donors (Lipinski definition) is 0. The Morgan fingerprint density at radius 2 is 2.09 bits per heavy atom. The summed E-state index contributed by atoms with van der Waals surface area (Å²) in [6, 6.07) is 0. The van der Waals surface area contributed by atoms with Crippen molar-refractivity contribution in [1.29, 1.82) is 0 Å². The summed E-state index contributed by atoms with van der Waals surface area (Å²) >= 11 is 0. The largest absolute Gasteiger partial charge is 0.313 e. The summed E-state index contributed by atoms with van der Waals surface area (Å²) in [6.45, 7) is 2.29. The molecular weight excluding hydrogens is 186 g/mol. The highest BCUT2D eigenvalue weighted by Gasteiger charge is 1.93. The maximum absolute atomic E-state index is 9.66. The van der Waals surface area contributed by atoms with Gasteiger partial charge in [-0.05, 0) is 6.42 Å². The average molecular weight is 197 g/mol. The molecule has 0 fully saturated rings. The third kappa shape index (κ3) is 9.90. The van der Waals surface area contributed by atoms with Gasteiger partial charge in [-0.3, -0.25) is 0 Å². The predicted octanol–water partition coefficient (Wildman–Crippen LogP) is 1.99. The van der Waals surface area contributed by atoms with Crippen LogP contribution in [-0.2, 0) is 4.84 Å². The maximum atomic E-state index is 9.66. The lowest BCUT2D eigenvalue weighted by molar-refractivity contribution is -0.756. The molecule has 0 N–H and O–H groups in total. The Labute approximate surface area is 73.6 Å². The molecule has 0 aromatic carbocycles. The van der Waals surface area contributed by atoms with E-state index >= 15 is 0 Å². The number of hydrogen-bond acceptors (Lipinski definition) is 5. The minimum absolute atomic E-state index is 0.189. The minimum Gasteiger partial charge on any atom is -0.313 e. The molecule has 0 radical (unpaired) electrons. The van der Waals surface area contributed by atoms with Crippen molar-refractivity contribution in [3.05, 3.63) is 10.1 Å². The van der Waals surface area contributed by atoms with Crippen LogP contribution in [0.5, 0.6) is 0 Å². The molecule has 0 saturated heterocycles. The molecule has 0 heterocycles. The Balaban J connectivity index is 2.85. The minimum atomic E-state index is -0.759. The van der Waals surface area contributed by atoms with Gasteiger partial charge >= 0.3 is 0 Å². The topological polar surface area (TPSA) is 52.4 Å². The second kappa shape index (κ2) is 8.00. The van der Waals surface area contributed by atoms with Gasteiger partial charge in [0.1, 0.15) is 6.61 Å². The van der Waals surface area contributed by atoms with Gasteiger partial charge in [0.2, 0.25) is 0 Å². The molecule has 0 amide bonds. The molecule has 66 valence electrons. The summed E-state index contributed by atoms with van der Waals surface area (Å²) in [4.78, 5) is 13.8. The highest BCUT2D eigenvalue weighted by molar-refractivity contribution is 8.76. The van der Waals surface area contributed by atoms with Gasteiger partial charge in [-0.2, -0.15) is 0 Å². The molecule has 0 atom stereocenters. The van der Waals surface area contributed by atoms with Crippen LogP contribution in [0.25, 0.3) is 0 Å². The number of nitrogens with zero attached hydrogens (tertiary/aromatic N) is 1. The van der Waals surface area contributed by atoms with Crippen molar-refractivity contribution in [2.45, 2.75) is 13.3 Å². The lowest BCUT2D eigenvalue weighted by Gasteiger charge is -1.97.